The number of fused-ring (bicyclic) bond motifs is 1. The summed E-state index contributed by atoms with van der Waals surface area (Å²) in [6.45, 7) is 16.5. The highest BCUT2D eigenvalue weighted by Gasteiger charge is 2.23. The fourth-order valence-electron chi connectivity index (χ4n) is 4.03. The molecule has 4 aromatic rings. The standard InChI is InChI=1S/C28H32N4O3Si/c1-29-24-25-27(28(33)31(20-30-25)21-34-18-19-36(2,3)4)32(26(24)22-12-7-5-8-13-22)16-11-17-35-23-14-9-6-10-15-23/h5-10,12-15,20H,11,16-19,21H2,2-4H3. The SMILES string of the molecule is [C-]#[N+]c1c(-c2ccccc2)n(CCCOc2ccccc2)c2c(=O)n(COCC[Si](C)(C)C)cnc12. The number of aromatic nitrogens is 3. The molecule has 7 nitrogen and oxygen atoms in total. The fraction of sp³-hybridized carbons (Fsp3) is 0.321. The predicted molar refractivity (Wildman–Crippen MR) is 146 cm³/mol. The Labute approximate surface area is 212 Å². The summed E-state index contributed by atoms with van der Waals surface area (Å²) in [6, 6.07) is 20.4. The summed E-state index contributed by atoms with van der Waals surface area (Å²) >= 11 is 0. The maximum atomic E-state index is 13.6. The minimum Gasteiger partial charge on any atom is -0.494 e. The van der Waals surface area contributed by atoms with Crippen molar-refractivity contribution in [1.29, 1.82) is 0 Å². The second-order valence-corrected chi connectivity index (χ2v) is 15.5. The first-order valence-corrected chi connectivity index (χ1v) is 15.9. The molecule has 0 spiro atoms. The predicted octanol–water partition coefficient (Wildman–Crippen LogP) is 6.20. The van der Waals surface area contributed by atoms with E-state index in [4.69, 9.17) is 16.0 Å². The Morgan fingerprint density at radius 2 is 1.69 bits per heavy atom. The van der Waals surface area contributed by atoms with E-state index in [1.54, 1.807) is 0 Å². The lowest BCUT2D eigenvalue weighted by Gasteiger charge is -2.16. The van der Waals surface area contributed by atoms with Gasteiger partial charge in [-0.25, -0.2) is 9.83 Å². The van der Waals surface area contributed by atoms with Crippen LogP contribution in [-0.4, -0.2) is 35.4 Å². The monoisotopic (exact) mass is 500 g/mol. The van der Waals surface area contributed by atoms with Gasteiger partial charge in [-0.2, -0.15) is 0 Å². The van der Waals surface area contributed by atoms with E-state index in [1.165, 1.54) is 10.9 Å². The summed E-state index contributed by atoms with van der Waals surface area (Å²) in [5, 5.41) is 0. The van der Waals surface area contributed by atoms with E-state index >= 15 is 0 Å². The first-order chi connectivity index (χ1) is 17.4. The van der Waals surface area contributed by atoms with Gasteiger partial charge in [0.25, 0.3) is 5.56 Å². The Bertz CT molecular complexity index is 1400. The molecule has 0 atom stereocenters. The number of aryl methyl sites for hydroxylation is 1. The van der Waals surface area contributed by atoms with E-state index in [-0.39, 0.29) is 12.3 Å². The molecule has 0 bridgehead atoms. The normalized spacial score (nSPS) is 11.5. The molecule has 8 heteroatoms. The number of ether oxygens (including phenoxy) is 2. The molecule has 0 radical (unpaired) electrons. The van der Waals surface area contributed by atoms with Crippen LogP contribution >= 0.6 is 0 Å². The van der Waals surface area contributed by atoms with Gasteiger partial charge < -0.3 is 14.0 Å². The largest absolute Gasteiger partial charge is 0.494 e. The van der Waals surface area contributed by atoms with Crippen molar-refractivity contribution in [2.45, 2.75) is 45.4 Å². The van der Waals surface area contributed by atoms with E-state index in [0.29, 0.717) is 48.6 Å². The molecule has 0 fully saturated rings. The maximum Gasteiger partial charge on any atom is 0.278 e. The second kappa shape index (κ2) is 11.4. The second-order valence-electron chi connectivity index (χ2n) is 9.91. The van der Waals surface area contributed by atoms with E-state index in [9.17, 15) is 4.79 Å². The molecule has 0 N–H and O–H groups in total. The van der Waals surface area contributed by atoms with E-state index < -0.39 is 8.07 Å². The summed E-state index contributed by atoms with van der Waals surface area (Å²) in [6.07, 6.45) is 2.16. The molecular weight excluding hydrogens is 468 g/mol. The molecule has 36 heavy (non-hydrogen) atoms. The van der Waals surface area contributed by atoms with Crippen LogP contribution in [0.3, 0.4) is 0 Å². The van der Waals surface area contributed by atoms with Gasteiger partial charge in [-0.3, -0.25) is 9.36 Å². The van der Waals surface area contributed by atoms with Gasteiger partial charge in [0.1, 0.15) is 23.5 Å². The Morgan fingerprint density at radius 1 is 1.00 bits per heavy atom. The van der Waals surface area contributed by atoms with Crippen LogP contribution in [0.15, 0.2) is 71.8 Å². The average Bonchev–Trinajstić information content (AvgIpc) is 3.20. The average molecular weight is 501 g/mol. The van der Waals surface area contributed by atoms with Crippen LogP contribution in [-0.2, 0) is 18.0 Å². The molecule has 4 rings (SSSR count). The van der Waals surface area contributed by atoms with Crippen molar-refractivity contribution in [1.82, 2.24) is 14.1 Å². The molecular formula is C28H32N4O3Si. The highest BCUT2D eigenvalue weighted by Crippen LogP contribution is 2.38. The minimum absolute atomic E-state index is 0.141. The third kappa shape index (κ3) is 5.93. The van der Waals surface area contributed by atoms with Crippen LogP contribution in [0.1, 0.15) is 6.42 Å². The molecule has 2 aromatic heterocycles. The van der Waals surface area contributed by atoms with E-state index in [1.807, 2.05) is 65.2 Å². The van der Waals surface area contributed by atoms with Gasteiger partial charge in [-0.1, -0.05) is 68.2 Å². The van der Waals surface area contributed by atoms with E-state index in [2.05, 4.69) is 29.5 Å². The zero-order valence-corrected chi connectivity index (χ0v) is 22.1. The summed E-state index contributed by atoms with van der Waals surface area (Å²) < 4.78 is 15.1. The third-order valence-electron chi connectivity index (χ3n) is 5.93. The highest BCUT2D eigenvalue weighted by molar-refractivity contribution is 6.76. The lowest BCUT2D eigenvalue weighted by molar-refractivity contribution is 0.0843. The zero-order valence-electron chi connectivity index (χ0n) is 21.1. The topological polar surface area (TPSA) is 62.6 Å². The van der Waals surface area contributed by atoms with Gasteiger partial charge in [-0.05, 0) is 30.2 Å². The van der Waals surface area contributed by atoms with Crippen LogP contribution < -0.4 is 10.3 Å². The Hall–Kier alpha value is -3.67. The number of hydrogen-bond acceptors (Lipinski definition) is 4. The number of hydrogen-bond donors (Lipinski definition) is 0. The molecule has 0 aliphatic carbocycles. The Kier molecular flexibility index (Phi) is 8.03. The highest BCUT2D eigenvalue weighted by atomic mass is 28.3. The van der Waals surface area contributed by atoms with Crippen molar-refractivity contribution < 1.29 is 9.47 Å². The number of rotatable bonds is 11. The first kappa shape index (κ1) is 25.4. The van der Waals surface area contributed by atoms with Gasteiger partial charge in [0, 0.05) is 21.2 Å². The molecule has 0 aliphatic rings. The number of nitrogens with zero attached hydrogens (tertiary/aromatic N) is 4. The number of benzene rings is 2. The summed E-state index contributed by atoms with van der Waals surface area (Å²) in [5.74, 6) is 0.805. The summed E-state index contributed by atoms with van der Waals surface area (Å²) in [7, 11) is -1.23. The van der Waals surface area contributed by atoms with Crippen molar-refractivity contribution in [2.24, 2.45) is 0 Å². The lowest BCUT2D eigenvalue weighted by Crippen LogP contribution is -2.26. The van der Waals surface area contributed by atoms with E-state index in [0.717, 1.165) is 17.4 Å². The molecule has 0 unspecified atom stereocenters. The van der Waals surface area contributed by atoms with Crippen molar-refractivity contribution in [3.63, 3.8) is 0 Å². The first-order valence-electron chi connectivity index (χ1n) is 12.2. The van der Waals surface area contributed by atoms with Crippen LogP contribution in [0.5, 0.6) is 5.75 Å². The van der Waals surface area contributed by atoms with Crippen LogP contribution in [0.2, 0.25) is 25.7 Å². The molecule has 186 valence electrons. The lowest BCUT2D eigenvalue weighted by atomic mass is 10.1. The van der Waals surface area contributed by atoms with Gasteiger partial charge in [0.15, 0.2) is 0 Å². The summed E-state index contributed by atoms with van der Waals surface area (Å²) in [5.41, 5.74) is 2.63. The van der Waals surface area contributed by atoms with Crippen molar-refractivity contribution in [2.75, 3.05) is 13.2 Å². The molecule has 2 aromatic carbocycles. The quantitative estimate of drug-likeness (QED) is 0.140. The van der Waals surface area contributed by atoms with Gasteiger partial charge >= 0.3 is 0 Å². The van der Waals surface area contributed by atoms with Crippen molar-refractivity contribution >= 4 is 24.8 Å². The van der Waals surface area contributed by atoms with Crippen molar-refractivity contribution in [3.8, 4) is 17.0 Å². The molecule has 0 aliphatic heterocycles. The molecule has 0 saturated heterocycles. The van der Waals surface area contributed by atoms with Gasteiger partial charge in [0.05, 0.1) is 25.2 Å². The van der Waals surface area contributed by atoms with Crippen LogP contribution in [0.25, 0.3) is 27.1 Å². The van der Waals surface area contributed by atoms with Gasteiger partial charge in [0.2, 0.25) is 5.69 Å². The van der Waals surface area contributed by atoms with Crippen LogP contribution in [0, 0.1) is 6.57 Å². The molecule has 0 amide bonds. The third-order valence-corrected chi connectivity index (χ3v) is 7.63. The Morgan fingerprint density at radius 3 is 2.36 bits per heavy atom. The number of para-hydroxylation sites is 1. The minimum atomic E-state index is -1.23. The molecule has 2 heterocycles. The maximum absolute atomic E-state index is 13.6. The van der Waals surface area contributed by atoms with Crippen molar-refractivity contribution in [3.05, 3.63) is 88.8 Å². The Balaban J connectivity index is 1.67. The fourth-order valence-corrected chi connectivity index (χ4v) is 4.78. The van der Waals surface area contributed by atoms with Gasteiger partial charge in [-0.15, -0.1) is 0 Å². The van der Waals surface area contributed by atoms with Crippen LogP contribution in [0.4, 0.5) is 5.69 Å². The summed E-state index contributed by atoms with van der Waals surface area (Å²) in [4.78, 5) is 22.0. The smallest absolute Gasteiger partial charge is 0.278 e. The molecule has 0 saturated carbocycles. The zero-order chi connectivity index (χ0) is 25.5.